The lowest BCUT2D eigenvalue weighted by Crippen LogP contribution is -2.25. The second-order valence-electron chi connectivity index (χ2n) is 6.13. The van der Waals surface area contributed by atoms with Crippen molar-refractivity contribution in [2.75, 3.05) is 0 Å². The van der Waals surface area contributed by atoms with Crippen LogP contribution in [0, 0.1) is 13.8 Å². The van der Waals surface area contributed by atoms with Crippen LogP contribution in [0.15, 0.2) is 29.8 Å². The molecule has 0 saturated heterocycles. The number of aryl methyl sites for hydroxylation is 2. The molecule has 0 amide bonds. The first-order valence-electron chi connectivity index (χ1n) is 7.51. The lowest BCUT2D eigenvalue weighted by Gasteiger charge is -2.29. The van der Waals surface area contributed by atoms with Crippen LogP contribution >= 0.6 is 0 Å². The van der Waals surface area contributed by atoms with Gasteiger partial charge in [0.1, 0.15) is 5.60 Å². The molecule has 19 heavy (non-hydrogen) atoms. The summed E-state index contributed by atoms with van der Waals surface area (Å²) < 4.78 is 0. The third-order valence-electron chi connectivity index (χ3n) is 4.20. The van der Waals surface area contributed by atoms with E-state index in [0.717, 1.165) is 18.4 Å². The van der Waals surface area contributed by atoms with E-state index in [1.54, 1.807) is 0 Å². The quantitative estimate of drug-likeness (QED) is 0.756. The fourth-order valence-electron chi connectivity index (χ4n) is 3.07. The third-order valence-corrected chi connectivity index (χ3v) is 4.20. The van der Waals surface area contributed by atoms with Crippen LogP contribution in [0.3, 0.4) is 0 Å². The number of allylic oxidation sites excluding steroid dienone is 1. The molecule has 1 aliphatic carbocycles. The van der Waals surface area contributed by atoms with Gasteiger partial charge in [0.05, 0.1) is 0 Å². The minimum Gasteiger partial charge on any atom is -0.381 e. The third kappa shape index (κ3) is 3.48. The first kappa shape index (κ1) is 14.3. The van der Waals surface area contributed by atoms with Crippen LogP contribution in [0.5, 0.6) is 0 Å². The molecule has 1 heteroatoms. The van der Waals surface area contributed by atoms with Crippen molar-refractivity contribution in [3.8, 4) is 0 Å². The Morgan fingerprint density at radius 1 is 0.947 bits per heavy atom. The van der Waals surface area contributed by atoms with E-state index in [2.05, 4.69) is 38.1 Å². The van der Waals surface area contributed by atoms with Crippen LogP contribution in [0.2, 0.25) is 0 Å². The molecule has 1 unspecified atom stereocenters. The highest BCUT2D eigenvalue weighted by Gasteiger charge is 2.28. The van der Waals surface area contributed by atoms with E-state index in [9.17, 15) is 5.11 Å². The number of benzene rings is 1. The summed E-state index contributed by atoms with van der Waals surface area (Å²) >= 11 is 0. The van der Waals surface area contributed by atoms with Gasteiger partial charge in [0.2, 0.25) is 0 Å². The van der Waals surface area contributed by atoms with Crippen molar-refractivity contribution in [1.29, 1.82) is 0 Å². The molecule has 0 heterocycles. The maximum atomic E-state index is 11.0. The predicted octanol–water partition coefficient (Wildman–Crippen LogP) is 4.79. The second kappa shape index (κ2) is 5.92. The summed E-state index contributed by atoms with van der Waals surface area (Å²) in [6.45, 7) is 6.15. The Kier molecular flexibility index (Phi) is 4.46. The van der Waals surface area contributed by atoms with Gasteiger partial charge in [0.15, 0.2) is 0 Å². The minimum absolute atomic E-state index is 0.811. The van der Waals surface area contributed by atoms with Crippen molar-refractivity contribution >= 4 is 0 Å². The molecule has 1 nitrogen and oxygen atoms in total. The summed E-state index contributed by atoms with van der Waals surface area (Å²) in [4.78, 5) is 0. The van der Waals surface area contributed by atoms with Gasteiger partial charge in [0, 0.05) is 0 Å². The van der Waals surface area contributed by atoms with Gasteiger partial charge in [0.25, 0.3) is 0 Å². The standard InChI is InChI=1S/C18H26O/c1-14-11-15(2)13-17(12-14)18(3,19)16-9-7-5-4-6-8-10-16/h9,11-13,19H,4-8,10H2,1-3H3/b16-9+. The summed E-state index contributed by atoms with van der Waals surface area (Å²) in [5.41, 5.74) is 3.88. The molecule has 1 aromatic rings. The van der Waals surface area contributed by atoms with Gasteiger partial charge in [-0.25, -0.2) is 0 Å². The number of aliphatic hydroxyl groups is 1. The monoisotopic (exact) mass is 258 g/mol. The average molecular weight is 258 g/mol. The number of hydrogen-bond acceptors (Lipinski definition) is 1. The lowest BCUT2D eigenvalue weighted by molar-refractivity contribution is 0.0921. The van der Waals surface area contributed by atoms with Crippen molar-refractivity contribution in [3.05, 3.63) is 46.5 Å². The highest BCUT2D eigenvalue weighted by atomic mass is 16.3. The van der Waals surface area contributed by atoms with Crippen LogP contribution in [0.4, 0.5) is 0 Å². The molecule has 1 aromatic carbocycles. The van der Waals surface area contributed by atoms with E-state index < -0.39 is 5.60 Å². The van der Waals surface area contributed by atoms with E-state index in [-0.39, 0.29) is 0 Å². The van der Waals surface area contributed by atoms with Gasteiger partial charge in [-0.2, -0.15) is 0 Å². The zero-order valence-corrected chi connectivity index (χ0v) is 12.5. The summed E-state index contributed by atoms with van der Waals surface area (Å²) in [5.74, 6) is 0. The Morgan fingerprint density at radius 2 is 1.58 bits per heavy atom. The van der Waals surface area contributed by atoms with Gasteiger partial charge in [-0.15, -0.1) is 0 Å². The average Bonchev–Trinajstić information content (AvgIpc) is 2.26. The molecule has 0 saturated carbocycles. The van der Waals surface area contributed by atoms with E-state index >= 15 is 0 Å². The SMILES string of the molecule is Cc1cc(C)cc(C(C)(O)/C2=C/CCCCCC2)c1. The zero-order chi connectivity index (χ0) is 13.9. The van der Waals surface area contributed by atoms with Crippen LogP contribution in [0.25, 0.3) is 0 Å². The van der Waals surface area contributed by atoms with Crippen molar-refractivity contribution < 1.29 is 5.11 Å². The molecule has 0 spiro atoms. The Labute approximate surface area is 117 Å². The van der Waals surface area contributed by atoms with Gasteiger partial charge in [-0.3, -0.25) is 0 Å². The van der Waals surface area contributed by atoms with Crippen LogP contribution in [-0.2, 0) is 5.60 Å². The van der Waals surface area contributed by atoms with Gasteiger partial charge in [-0.05, 0) is 57.6 Å². The number of hydrogen-bond donors (Lipinski definition) is 1. The molecular formula is C18H26O. The Bertz CT molecular complexity index is 448. The fourth-order valence-corrected chi connectivity index (χ4v) is 3.07. The van der Waals surface area contributed by atoms with Gasteiger partial charge in [-0.1, -0.05) is 48.2 Å². The zero-order valence-electron chi connectivity index (χ0n) is 12.5. The maximum Gasteiger partial charge on any atom is 0.108 e. The minimum atomic E-state index is -0.811. The van der Waals surface area contributed by atoms with E-state index in [1.807, 2.05) is 6.92 Å². The van der Waals surface area contributed by atoms with E-state index in [0.29, 0.717) is 0 Å². The Morgan fingerprint density at radius 3 is 2.26 bits per heavy atom. The molecule has 0 fully saturated rings. The van der Waals surface area contributed by atoms with Crippen molar-refractivity contribution in [3.63, 3.8) is 0 Å². The summed E-state index contributed by atoms with van der Waals surface area (Å²) in [7, 11) is 0. The van der Waals surface area contributed by atoms with Crippen LogP contribution in [-0.4, -0.2) is 5.11 Å². The van der Waals surface area contributed by atoms with Crippen molar-refractivity contribution in [2.45, 2.75) is 64.9 Å². The molecule has 0 radical (unpaired) electrons. The van der Waals surface area contributed by atoms with Gasteiger partial charge < -0.3 is 5.11 Å². The number of rotatable bonds is 2. The Balaban J connectivity index is 2.33. The summed E-state index contributed by atoms with van der Waals surface area (Å²) in [6.07, 6.45) is 9.49. The normalized spacial score (nSPS) is 22.8. The smallest absolute Gasteiger partial charge is 0.108 e. The Hall–Kier alpha value is -1.08. The van der Waals surface area contributed by atoms with Crippen LogP contribution < -0.4 is 0 Å². The largest absolute Gasteiger partial charge is 0.381 e. The highest BCUT2D eigenvalue weighted by Crippen LogP contribution is 2.35. The van der Waals surface area contributed by atoms with Crippen LogP contribution in [0.1, 0.15) is 62.1 Å². The van der Waals surface area contributed by atoms with Crippen molar-refractivity contribution in [2.24, 2.45) is 0 Å². The molecular weight excluding hydrogens is 232 g/mol. The summed E-state index contributed by atoms with van der Waals surface area (Å²) in [6, 6.07) is 6.39. The summed E-state index contributed by atoms with van der Waals surface area (Å²) in [5, 5.41) is 11.0. The molecule has 0 aliphatic heterocycles. The lowest BCUT2D eigenvalue weighted by atomic mass is 9.82. The van der Waals surface area contributed by atoms with E-state index in [1.165, 1.54) is 42.4 Å². The molecule has 1 aliphatic rings. The van der Waals surface area contributed by atoms with Crippen molar-refractivity contribution in [1.82, 2.24) is 0 Å². The predicted molar refractivity (Wildman–Crippen MR) is 81.3 cm³/mol. The molecule has 0 aromatic heterocycles. The van der Waals surface area contributed by atoms with E-state index in [4.69, 9.17) is 0 Å². The second-order valence-corrected chi connectivity index (χ2v) is 6.13. The highest BCUT2D eigenvalue weighted by molar-refractivity contribution is 5.37. The first-order chi connectivity index (χ1) is 9.00. The molecule has 1 N–H and O–H groups in total. The topological polar surface area (TPSA) is 20.2 Å². The molecule has 1 atom stereocenters. The first-order valence-corrected chi connectivity index (χ1v) is 7.51. The fraction of sp³-hybridized carbons (Fsp3) is 0.556. The van der Waals surface area contributed by atoms with Gasteiger partial charge >= 0.3 is 0 Å². The maximum absolute atomic E-state index is 11.0. The molecule has 104 valence electrons. The molecule has 0 bridgehead atoms. The molecule has 2 rings (SSSR count).